The highest BCUT2D eigenvalue weighted by Gasteiger charge is 2.14. The van der Waals surface area contributed by atoms with Crippen molar-refractivity contribution in [1.82, 2.24) is 4.90 Å². The van der Waals surface area contributed by atoms with E-state index in [9.17, 15) is 13.6 Å². The van der Waals surface area contributed by atoms with Crippen molar-refractivity contribution in [2.45, 2.75) is 13.2 Å². The predicted octanol–water partition coefficient (Wildman–Crippen LogP) is 4.67. The SMILES string of the molecule is COc1ccc(CN(C)CC(=O)Nc2c(Cl)cccc2Cl)cc1OC(F)F. The molecule has 2 rings (SSSR count). The summed E-state index contributed by atoms with van der Waals surface area (Å²) in [4.78, 5) is 13.9. The second kappa shape index (κ2) is 9.73. The van der Waals surface area contributed by atoms with Crippen LogP contribution in [-0.2, 0) is 11.3 Å². The van der Waals surface area contributed by atoms with Crippen molar-refractivity contribution >= 4 is 34.8 Å². The zero-order valence-electron chi connectivity index (χ0n) is 14.6. The van der Waals surface area contributed by atoms with Crippen molar-refractivity contribution < 1.29 is 23.0 Å². The van der Waals surface area contributed by atoms with Gasteiger partial charge in [-0.15, -0.1) is 0 Å². The number of alkyl halides is 2. The summed E-state index contributed by atoms with van der Waals surface area (Å²) in [6.07, 6.45) is 0. The number of carbonyl (C=O) groups is 1. The lowest BCUT2D eigenvalue weighted by molar-refractivity contribution is -0.117. The van der Waals surface area contributed by atoms with E-state index in [1.54, 1.807) is 36.2 Å². The van der Waals surface area contributed by atoms with Crippen LogP contribution >= 0.6 is 23.2 Å². The highest BCUT2D eigenvalue weighted by molar-refractivity contribution is 6.39. The molecule has 0 unspecified atom stereocenters. The molecule has 5 nitrogen and oxygen atoms in total. The Morgan fingerprint density at radius 3 is 2.44 bits per heavy atom. The summed E-state index contributed by atoms with van der Waals surface area (Å²) in [5, 5.41) is 3.33. The monoisotopic (exact) mass is 418 g/mol. The standard InChI is InChI=1S/C18H18Cl2F2N2O3/c1-24(10-16(25)23-17-12(19)4-3-5-13(17)20)9-11-6-7-14(26-2)15(8-11)27-18(21)22/h3-8,18H,9-10H2,1-2H3,(H,23,25). The van der Waals surface area contributed by atoms with Gasteiger partial charge in [-0.25, -0.2) is 0 Å². The highest BCUT2D eigenvalue weighted by atomic mass is 35.5. The van der Waals surface area contributed by atoms with Gasteiger partial charge in [0.25, 0.3) is 0 Å². The number of para-hydroxylation sites is 1. The van der Waals surface area contributed by atoms with Gasteiger partial charge in [-0.3, -0.25) is 9.69 Å². The molecule has 0 saturated heterocycles. The van der Waals surface area contributed by atoms with Crippen LogP contribution in [-0.4, -0.2) is 38.1 Å². The second-order valence-corrected chi connectivity index (χ2v) is 6.50. The van der Waals surface area contributed by atoms with Crippen LogP contribution in [0.5, 0.6) is 11.5 Å². The number of nitrogens with zero attached hydrogens (tertiary/aromatic N) is 1. The predicted molar refractivity (Wildman–Crippen MR) is 101 cm³/mol. The number of amides is 1. The molecule has 9 heteroatoms. The Labute approximate surface area is 165 Å². The molecule has 0 aliphatic carbocycles. The fourth-order valence-electron chi connectivity index (χ4n) is 2.42. The number of hydrogen-bond acceptors (Lipinski definition) is 4. The largest absolute Gasteiger partial charge is 0.493 e. The van der Waals surface area contributed by atoms with E-state index in [2.05, 4.69) is 10.1 Å². The average Bonchev–Trinajstić information content (AvgIpc) is 2.58. The normalized spacial score (nSPS) is 11.0. The van der Waals surface area contributed by atoms with E-state index in [0.717, 1.165) is 0 Å². The van der Waals surface area contributed by atoms with E-state index in [4.69, 9.17) is 27.9 Å². The van der Waals surface area contributed by atoms with Crippen LogP contribution in [0.15, 0.2) is 36.4 Å². The zero-order valence-corrected chi connectivity index (χ0v) is 16.2. The lowest BCUT2D eigenvalue weighted by atomic mass is 10.2. The van der Waals surface area contributed by atoms with Crippen LogP contribution in [0.1, 0.15) is 5.56 Å². The quantitative estimate of drug-likeness (QED) is 0.676. The maximum absolute atomic E-state index is 12.5. The maximum atomic E-state index is 12.5. The van der Waals surface area contributed by atoms with Crippen LogP contribution in [0.2, 0.25) is 10.0 Å². The Bertz CT molecular complexity index is 786. The number of rotatable bonds is 8. The van der Waals surface area contributed by atoms with Gasteiger partial charge in [0.2, 0.25) is 5.91 Å². The Morgan fingerprint density at radius 2 is 1.85 bits per heavy atom. The summed E-state index contributed by atoms with van der Waals surface area (Å²) in [5.74, 6) is -0.177. The number of likely N-dealkylation sites (N-methyl/N-ethyl adjacent to an activating group) is 1. The Balaban J connectivity index is 2.00. The second-order valence-electron chi connectivity index (χ2n) is 5.68. The molecular weight excluding hydrogens is 401 g/mol. The summed E-state index contributed by atoms with van der Waals surface area (Å²) in [7, 11) is 3.08. The van der Waals surface area contributed by atoms with Gasteiger partial charge >= 0.3 is 6.61 Å². The number of methoxy groups -OCH3 is 1. The Hall–Kier alpha value is -2.09. The maximum Gasteiger partial charge on any atom is 0.387 e. The average molecular weight is 419 g/mol. The van der Waals surface area contributed by atoms with Gasteiger partial charge in [0.15, 0.2) is 11.5 Å². The lowest BCUT2D eigenvalue weighted by Gasteiger charge is -2.18. The molecule has 0 spiro atoms. The molecule has 0 atom stereocenters. The first-order valence-corrected chi connectivity index (χ1v) is 8.60. The van der Waals surface area contributed by atoms with E-state index in [1.165, 1.54) is 19.2 Å². The first-order valence-electron chi connectivity index (χ1n) is 7.84. The lowest BCUT2D eigenvalue weighted by Crippen LogP contribution is -2.30. The fraction of sp³-hybridized carbons (Fsp3) is 0.278. The number of benzene rings is 2. The topological polar surface area (TPSA) is 50.8 Å². The Morgan fingerprint density at radius 1 is 1.19 bits per heavy atom. The van der Waals surface area contributed by atoms with Crippen molar-refractivity contribution in [3.8, 4) is 11.5 Å². The molecule has 146 valence electrons. The summed E-state index contributed by atoms with van der Waals surface area (Å²) in [6, 6.07) is 9.60. The third-order valence-electron chi connectivity index (χ3n) is 3.54. The van der Waals surface area contributed by atoms with E-state index < -0.39 is 6.61 Å². The number of anilines is 1. The van der Waals surface area contributed by atoms with Crippen molar-refractivity contribution in [3.05, 3.63) is 52.0 Å². The number of halogens is 4. The van der Waals surface area contributed by atoms with E-state index in [1.807, 2.05) is 0 Å². The van der Waals surface area contributed by atoms with Crippen molar-refractivity contribution in [3.63, 3.8) is 0 Å². The molecule has 0 fully saturated rings. The summed E-state index contributed by atoms with van der Waals surface area (Å²) in [6.45, 7) is -2.59. The van der Waals surface area contributed by atoms with Crippen LogP contribution in [0.25, 0.3) is 0 Å². The number of nitrogens with one attached hydrogen (secondary N) is 1. The number of carbonyl (C=O) groups excluding carboxylic acids is 1. The molecule has 0 aliphatic heterocycles. The molecule has 27 heavy (non-hydrogen) atoms. The molecule has 0 aliphatic rings. The fourth-order valence-corrected chi connectivity index (χ4v) is 2.91. The third kappa shape index (κ3) is 6.23. The molecular formula is C18H18Cl2F2N2O3. The van der Waals surface area contributed by atoms with Gasteiger partial charge in [0.05, 0.1) is 29.4 Å². The summed E-state index contributed by atoms with van der Waals surface area (Å²) < 4.78 is 34.5. The molecule has 0 heterocycles. The molecule has 2 aromatic rings. The zero-order chi connectivity index (χ0) is 20.0. The molecule has 1 N–H and O–H groups in total. The summed E-state index contributed by atoms with van der Waals surface area (Å²) in [5.41, 5.74) is 1.02. The van der Waals surface area contributed by atoms with Crippen molar-refractivity contribution in [2.75, 3.05) is 26.0 Å². The first kappa shape index (κ1) is 21.2. The minimum absolute atomic E-state index is 0.0403. The van der Waals surface area contributed by atoms with E-state index >= 15 is 0 Å². The third-order valence-corrected chi connectivity index (χ3v) is 4.17. The van der Waals surface area contributed by atoms with E-state index in [0.29, 0.717) is 27.8 Å². The minimum Gasteiger partial charge on any atom is -0.493 e. The van der Waals surface area contributed by atoms with Crippen LogP contribution in [0.4, 0.5) is 14.5 Å². The molecule has 0 aromatic heterocycles. The number of hydrogen-bond donors (Lipinski definition) is 1. The van der Waals surface area contributed by atoms with Crippen LogP contribution < -0.4 is 14.8 Å². The first-order chi connectivity index (χ1) is 12.8. The number of ether oxygens (including phenoxy) is 2. The van der Waals surface area contributed by atoms with Crippen molar-refractivity contribution in [2.24, 2.45) is 0 Å². The van der Waals surface area contributed by atoms with Crippen molar-refractivity contribution in [1.29, 1.82) is 0 Å². The molecule has 2 aromatic carbocycles. The molecule has 1 amide bonds. The van der Waals surface area contributed by atoms with Gasteiger partial charge in [0, 0.05) is 6.54 Å². The Kier molecular flexibility index (Phi) is 7.65. The van der Waals surface area contributed by atoms with Gasteiger partial charge in [-0.05, 0) is 36.9 Å². The summed E-state index contributed by atoms with van der Waals surface area (Å²) >= 11 is 12.1. The minimum atomic E-state index is -2.96. The molecule has 0 radical (unpaired) electrons. The molecule has 0 saturated carbocycles. The highest BCUT2D eigenvalue weighted by Crippen LogP contribution is 2.31. The molecule has 0 bridgehead atoms. The van der Waals surface area contributed by atoms with Gasteiger partial charge in [-0.1, -0.05) is 35.3 Å². The van der Waals surface area contributed by atoms with Gasteiger partial charge < -0.3 is 14.8 Å². The van der Waals surface area contributed by atoms with Gasteiger partial charge in [-0.2, -0.15) is 8.78 Å². The van der Waals surface area contributed by atoms with Gasteiger partial charge in [0.1, 0.15) is 0 Å². The smallest absolute Gasteiger partial charge is 0.387 e. The van der Waals surface area contributed by atoms with E-state index in [-0.39, 0.29) is 24.0 Å². The van der Waals surface area contributed by atoms with Crippen LogP contribution in [0, 0.1) is 0 Å². The van der Waals surface area contributed by atoms with Crippen LogP contribution in [0.3, 0.4) is 0 Å².